The number of rotatable bonds is 3. The maximum absolute atomic E-state index is 13.0. The van der Waals surface area contributed by atoms with Gasteiger partial charge in [-0.1, -0.05) is 38.1 Å². The van der Waals surface area contributed by atoms with Crippen LogP contribution in [0.1, 0.15) is 25.0 Å². The summed E-state index contributed by atoms with van der Waals surface area (Å²) >= 11 is 0. The molecule has 0 fully saturated rings. The Morgan fingerprint density at radius 2 is 1.79 bits per heavy atom. The molecular formula is C19H19F3N2. The van der Waals surface area contributed by atoms with Crippen molar-refractivity contribution >= 4 is 11.0 Å². The van der Waals surface area contributed by atoms with Gasteiger partial charge in [0.05, 0.1) is 16.6 Å². The minimum atomic E-state index is -4.36. The predicted octanol–water partition coefficient (Wildman–Crippen LogP) is 5.69. The average molecular weight is 332 g/mol. The molecule has 0 unspecified atom stereocenters. The molecule has 2 aromatic carbocycles. The molecule has 5 heteroatoms. The first-order valence-corrected chi connectivity index (χ1v) is 7.91. The molecule has 0 aliphatic heterocycles. The summed E-state index contributed by atoms with van der Waals surface area (Å²) in [5, 5.41) is 0. The van der Waals surface area contributed by atoms with E-state index in [1.54, 1.807) is 0 Å². The van der Waals surface area contributed by atoms with Crippen LogP contribution < -0.4 is 0 Å². The molecule has 0 bridgehead atoms. The smallest absolute Gasteiger partial charge is 0.324 e. The molecule has 0 radical (unpaired) electrons. The number of fused-ring (bicyclic) bond motifs is 1. The lowest BCUT2D eigenvalue weighted by Gasteiger charge is -2.13. The molecule has 0 saturated carbocycles. The molecule has 0 atom stereocenters. The van der Waals surface area contributed by atoms with Crippen LogP contribution in [0.2, 0.25) is 0 Å². The zero-order valence-corrected chi connectivity index (χ0v) is 13.9. The Bertz CT molecular complexity index is 876. The second kappa shape index (κ2) is 5.96. The van der Waals surface area contributed by atoms with Crippen LogP contribution in [-0.4, -0.2) is 9.55 Å². The summed E-state index contributed by atoms with van der Waals surface area (Å²) in [6.45, 7) is 6.84. The Kier molecular flexibility index (Phi) is 4.11. The number of imidazole rings is 1. The van der Waals surface area contributed by atoms with Crippen molar-refractivity contribution in [2.45, 2.75) is 33.5 Å². The third-order valence-corrected chi connectivity index (χ3v) is 4.01. The van der Waals surface area contributed by atoms with Gasteiger partial charge < -0.3 is 4.57 Å². The zero-order valence-electron chi connectivity index (χ0n) is 13.9. The molecule has 0 N–H and O–H groups in total. The van der Waals surface area contributed by atoms with Crippen molar-refractivity contribution in [3.8, 4) is 11.4 Å². The largest absolute Gasteiger partial charge is 0.416 e. The van der Waals surface area contributed by atoms with Gasteiger partial charge in [-0.25, -0.2) is 4.98 Å². The number of benzene rings is 2. The van der Waals surface area contributed by atoms with E-state index < -0.39 is 11.7 Å². The highest BCUT2D eigenvalue weighted by atomic mass is 19.4. The van der Waals surface area contributed by atoms with E-state index in [1.807, 2.05) is 35.8 Å². The molecule has 0 saturated heterocycles. The first kappa shape index (κ1) is 16.6. The van der Waals surface area contributed by atoms with E-state index in [9.17, 15) is 13.2 Å². The highest BCUT2D eigenvalue weighted by Gasteiger charge is 2.31. The fraction of sp³-hybridized carbons (Fsp3) is 0.316. The van der Waals surface area contributed by atoms with Crippen LogP contribution in [0.3, 0.4) is 0 Å². The van der Waals surface area contributed by atoms with Crippen LogP contribution in [-0.2, 0) is 12.7 Å². The highest BCUT2D eigenvalue weighted by molar-refractivity contribution is 5.82. The normalized spacial score (nSPS) is 12.3. The molecule has 1 heterocycles. The van der Waals surface area contributed by atoms with Gasteiger partial charge in [-0.15, -0.1) is 0 Å². The minimum Gasteiger partial charge on any atom is -0.324 e. The van der Waals surface area contributed by atoms with Gasteiger partial charge in [0.2, 0.25) is 0 Å². The van der Waals surface area contributed by atoms with Crippen molar-refractivity contribution < 1.29 is 13.2 Å². The van der Waals surface area contributed by atoms with Crippen molar-refractivity contribution in [1.29, 1.82) is 0 Å². The quantitative estimate of drug-likeness (QED) is 0.603. The lowest BCUT2D eigenvalue weighted by Crippen LogP contribution is -2.07. The SMILES string of the molecule is Cc1ccccc1-c1nc2cc(C(F)(F)F)ccc2n1CC(C)C. The first-order valence-electron chi connectivity index (χ1n) is 7.91. The van der Waals surface area contributed by atoms with Crippen LogP contribution in [0.15, 0.2) is 42.5 Å². The summed E-state index contributed by atoms with van der Waals surface area (Å²) in [6, 6.07) is 11.6. The van der Waals surface area contributed by atoms with Crippen molar-refractivity contribution in [3.63, 3.8) is 0 Å². The molecule has 126 valence electrons. The number of hydrogen-bond acceptors (Lipinski definition) is 1. The molecule has 1 aromatic heterocycles. The first-order chi connectivity index (χ1) is 11.3. The second-order valence-corrected chi connectivity index (χ2v) is 6.46. The Hall–Kier alpha value is -2.30. The van der Waals surface area contributed by atoms with Gasteiger partial charge in [0.15, 0.2) is 0 Å². The molecule has 0 amide bonds. The number of nitrogens with zero attached hydrogens (tertiary/aromatic N) is 2. The number of alkyl halides is 3. The maximum atomic E-state index is 13.0. The van der Waals surface area contributed by atoms with Gasteiger partial charge in [0.1, 0.15) is 5.82 Å². The van der Waals surface area contributed by atoms with Crippen LogP contribution in [0.4, 0.5) is 13.2 Å². The Balaban J connectivity index is 2.26. The van der Waals surface area contributed by atoms with Crippen molar-refractivity contribution in [2.24, 2.45) is 5.92 Å². The number of aryl methyl sites for hydroxylation is 1. The topological polar surface area (TPSA) is 17.8 Å². The third kappa shape index (κ3) is 3.03. The monoisotopic (exact) mass is 332 g/mol. The summed E-state index contributed by atoms with van der Waals surface area (Å²) in [5.41, 5.74) is 2.44. The summed E-state index contributed by atoms with van der Waals surface area (Å²) in [5.74, 6) is 1.07. The predicted molar refractivity (Wildman–Crippen MR) is 89.7 cm³/mol. The van der Waals surface area contributed by atoms with Crippen LogP contribution in [0.5, 0.6) is 0 Å². The average Bonchev–Trinajstić information content (AvgIpc) is 2.84. The molecular weight excluding hydrogens is 313 g/mol. The summed E-state index contributed by atoms with van der Waals surface area (Å²) < 4.78 is 41.0. The van der Waals surface area contributed by atoms with Gasteiger partial charge in [0, 0.05) is 12.1 Å². The Labute approximate surface area is 138 Å². The summed E-state index contributed by atoms with van der Waals surface area (Å²) in [6.07, 6.45) is -4.36. The lowest BCUT2D eigenvalue weighted by atomic mass is 10.1. The van der Waals surface area contributed by atoms with Crippen molar-refractivity contribution in [1.82, 2.24) is 9.55 Å². The summed E-state index contributed by atoms with van der Waals surface area (Å²) in [7, 11) is 0. The Morgan fingerprint density at radius 3 is 2.42 bits per heavy atom. The van der Waals surface area contributed by atoms with Crippen molar-refractivity contribution in [3.05, 3.63) is 53.6 Å². The van der Waals surface area contributed by atoms with Gasteiger partial charge in [-0.05, 0) is 36.6 Å². The van der Waals surface area contributed by atoms with E-state index in [0.29, 0.717) is 18.0 Å². The van der Waals surface area contributed by atoms with Crippen LogP contribution >= 0.6 is 0 Å². The van der Waals surface area contributed by atoms with E-state index >= 15 is 0 Å². The van der Waals surface area contributed by atoms with Crippen molar-refractivity contribution in [2.75, 3.05) is 0 Å². The lowest BCUT2D eigenvalue weighted by molar-refractivity contribution is -0.137. The molecule has 0 aliphatic rings. The molecule has 24 heavy (non-hydrogen) atoms. The number of halogens is 3. The minimum absolute atomic E-state index is 0.354. The molecule has 0 spiro atoms. The van der Waals surface area contributed by atoms with E-state index in [-0.39, 0.29) is 0 Å². The molecule has 2 nitrogen and oxygen atoms in total. The third-order valence-electron chi connectivity index (χ3n) is 4.01. The van der Waals surface area contributed by atoms with E-state index in [4.69, 9.17) is 0 Å². The van der Waals surface area contributed by atoms with Crippen LogP contribution in [0, 0.1) is 12.8 Å². The fourth-order valence-electron chi connectivity index (χ4n) is 2.89. The Morgan fingerprint density at radius 1 is 1.08 bits per heavy atom. The molecule has 3 rings (SSSR count). The van der Waals surface area contributed by atoms with Gasteiger partial charge >= 0.3 is 6.18 Å². The molecule has 0 aliphatic carbocycles. The zero-order chi connectivity index (χ0) is 17.5. The molecule has 3 aromatic rings. The van der Waals surface area contributed by atoms with E-state index in [2.05, 4.69) is 18.8 Å². The van der Waals surface area contributed by atoms with E-state index in [0.717, 1.165) is 34.6 Å². The van der Waals surface area contributed by atoms with Gasteiger partial charge in [-0.2, -0.15) is 13.2 Å². The number of aromatic nitrogens is 2. The highest BCUT2D eigenvalue weighted by Crippen LogP contribution is 2.33. The van der Waals surface area contributed by atoms with E-state index in [1.165, 1.54) is 6.07 Å². The standard InChI is InChI=1S/C19H19F3N2/c1-12(2)11-24-17-9-8-14(19(20,21)22)10-16(17)23-18(24)15-7-5-4-6-13(15)3/h4-10,12H,11H2,1-3H3. The van der Waals surface area contributed by atoms with Crippen LogP contribution in [0.25, 0.3) is 22.4 Å². The fourth-order valence-corrected chi connectivity index (χ4v) is 2.89. The summed E-state index contributed by atoms with van der Waals surface area (Å²) in [4.78, 5) is 4.53. The maximum Gasteiger partial charge on any atom is 0.416 e. The number of hydrogen-bond donors (Lipinski definition) is 0. The van der Waals surface area contributed by atoms with Gasteiger partial charge in [0.25, 0.3) is 0 Å². The second-order valence-electron chi connectivity index (χ2n) is 6.46. The van der Waals surface area contributed by atoms with Gasteiger partial charge in [-0.3, -0.25) is 0 Å².